The minimum Gasteiger partial charge on any atom is -0.475 e. The molecule has 1 fully saturated rings. The number of aromatic carboxylic acids is 1. The fraction of sp³-hybridized carbons (Fsp3) is 0.647. The number of furan rings is 1. The number of carbonyl (C=O) groups is 2. The molecule has 1 aliphatic rings. The molecule has 0 radical (unpaired) electrons. The van der Waals surface area contributed by atoms with Gasteiger partial charge in [-0.15, -0.1) is 0 Å². The summed E-state index contributed by atoms with van der Waals surface area (Å²) in [6, 6.07) is 2.74. The van der Waals surface area contributed by atoms with Crippen LogP contribution in [0, 0.1) is 5.92 Å². The van der Waals surface area contributed by atoms with Crippen LogP contribution in [-0.4, -0.2) is 35.9 Å². The lowest BCUT2D eigenvalue weighted by Gasteiger charge is -2.28. The Hall–Kier alpha value is -1.83. The van der Waals surface area contributed by atoms with Crippen molar-refractivity contribution in [1.29, 1.82) is 0 Å². The van der Waals surface area contributed by atoms with Crippen molar-refractivity contribution in [1.82, 2.24) is 5.32 Å². The van der Waals surface area contributed by atoms with E-state index in [0.717, 1.165) is 19.3 Å². The molecule has 2 N–H and O–H groups in total. The summed E-state index contributed by atoms with van der Waals surface area (Å²) in [5.74, 6) is -2.06. The Morgan fingerprint density at radius 2 is 1.88 bits per heavy atom. The van der Waals surface area contributed by atoms with Gasteiger partial charge in [-0.05, 0) is 30.9 Å². The third-order valence-electron chi connectivity index (χ3n) is 4.54. The Labute approximate surface area is 147 Å². The lowest BCUT2D eigenvalue weighted by atomic mass is 10.0. The summed E-state index contributed by atoms with van der Waals surface area (Å²) < 4.78 is 30.9. The molecule has 1 atom stereocenters. The Balaban J connectivity index is 2.07. The standard InChI is InChI=1S/C17H25NO6S/c1-11(2)15(25(22,23)13-6-4-3-5-7-13)16(19)18-10-12-8-9-14(24-12)17(20)21/h8-9,11,13,15H,3-7,10H2,1-2H3,(H,18,19)(H,20,21). The smallest absolute Gasteiger partial charge is 0.371 e. The van der Waals surface area contributed by atoms with Gasteiger partial charge in [0.25, 0.3) is 0 Å². The van der Waals surface area contributed by atoms with Crippen LogP contribution >= 0.6 is 0 Å². The SMILES string of the molecule is CC(C)C(C(=O)NCc1ccc(C(=O)O)o1)S(=O)(=O)C1CCCCC1. The number of hydrogen-bond donors (Lipinski definition) is 2. The van der Waals surface area contributed by atoms with E-state index in [1.165, 1.54) is 12.1 Å². The van der Waals surface area contributed by atoms with Crippen molar-refractivity contribution in [2.24, 2.45) is 5.92 Å². The molecule has 1 unspecified atom stereocenters. The molecule has 1 saturated carbocycles. The molecule has 1 aromatic rings. The molecule has 0 bridgehead atoms. The second kappa shape index (κ2) is 8.03. The number of rotatable bonds is 7. The van der Waals surface area contributed by atoms with E-state index in [0.29, 0.717) is 12.8 Å². The van der Waals surface area contributed by atoms with Crippen LogP contribution in [0.2, 0.25) is 0 Å². The normalized spacial score (nSPS) is 17.4. The highest BCUT2D eigenvalue weighted by Gasteiger charge is 2.41. The molecule has 140 valence electrons. The first-order valence-electron chi connectivity index (χ1n) is 8.56. The van der Waals surface area contributed by atoms with Crippen molar-refractivity contribution >= 4 is 21.7 Å². The summed E-state index contributed by atoms with van der Waals surface area (Å²) in [5.41, 5.74) is 0. The van der Waals surface area contributed by atoms with Crippen LogP contribution in [0.4, 0.5) is 0 Å². The zero-order chi connectivity index (χ0) is 18.6. The molecule has 1 amide bonds. The molecule has 8 heteroatoms. The second-order valence-corrected chi connectivity index (χ2v) is 9.16. The van der Waals surface area contributed by atoms with Crippen LogP contribution in [0.15, 0.2) is 16.5 Å². The van der Waals surface area contributed by atoms with Gasteiger partial charge in [-0.1, -0.05) is 33.1 Å². The average Bonchev–Trinajstić information content (AvgIpc) is 3.02. The van der Waals surface area contributed by atoms with Gasteiger partial charge in [-0.3, -0.25) is 4.79 Å². The largest absolute Gasteiger partial charge is 0.475 e. The number of sulfone groups is 1. The predicted octanol–water partition coefficient (Wildman–Crippen LogP) is 2.37. The minimum atomic E-state index is -3.57. The number of carboxylic acid groups (broad SMARTS) is 1. The molecule has 25 heavy (non-hydrogen) atoms. The van der Waals surface area contributed by atoms with Crippen molar-refractivity contribution in [2.45, 2.75) is 63.0 Å². The zero-order valence-corrected chi connectivity index (χ0v) is 15.3. The van der Waals surface area contributed by atoms with Crippen LogP contribution in [0.5, 0.6) is 0 Å². The monoisotopic (exact) mass is 371 g/mol. The maximum absolute atomic E-state index is 12.9. The third-order valence-corrected chi connectivity index (χ3v) is 7.41. The fourth-order valence-corrected chi connectivity index (χ4v) is 5.84. The summed E-state index contributed by atoms with van der Waals surface area (Å²) in [6.45, 7) is 3.40. The van der Waals surface area contributed by atoms with Gasteiger partial charge in [0, 0.05) is 0 Å². The summed E-state index contributed by atoms with van der Waals surface area (Å²) in [6.07, 6.45) is 4.01. The van der Waals surface area contributed by atoms with E-state index in [2.05, 4.69) is 5.32 Å². The quantitative estimate of drug-likeness (QED) is 0.760. The molecule has 2 rings (SSSR count). The lowest BCUT2D eigenvalue weighted by molar-refractivity contribution is -0.121. The van der Waals surface area contributed by atoms with Crippen LogP contribution in [-0.2, 0) is 21.2 Å². The Kier molecular flexibility index (Phi) is 6.26. The van der Waals surface area contributed by atoms with Crippen LogP contribution in [0.1, 0.15) is 62.3 Å². The van der Waals surface area contributed by atoms with E-state index in [4.69, 9.17) is 9.52 Å². The molecule has 1 aliphatic carbocycles. The van der Waals surface area contributed by atoms with Crippen LogP contribution in [0.25, 0.3) is 0 Å². The van der Waals surface area contributed by atoms with E-state index in [1.807, 2.05) is 0 Å². The third kappa shape index (κ3) is 4.62. The summed E-state index contributed by atoms with van der Waals surface area (Å²) in [5, 5.41) is 9.84. The Bertz CT molecular complexity index is 715. The topological polar surface area (TPSA) is 114 Å². The van der Waals surface area contributed by atoms with Gasteiger partial charge in [0.2, 0.25) is 11.7 Å². The first-order chi connectivity index (χ1) is 11.7. The molecule has 0 aromatic carbocycles. The average molecular weight is 371 g/mol. The maximum atomic E-state index is 12.9. The number of carboxylic acids is 1. The predicted molar refractivity (Wildman–Crippen MR) is 91.9 cm³/mol. The number of nitrogens with one attached hydrogen (secondary N) is 1. The molecular formula is C17H25NO6S. The van der Waals surface area contributed by atoms with Gasteiger partial charge in [-0.25, -0.2) is 13.2 Å². The Morgan fingerprint density at radius 1 is 1.24 bits per heavy atom. The van der Waals surface area contributed by atoms with Crippen molar-refractivity contribution in [3.8, 4) is 0 Å². The molecule has 0 aliphatic heterocycles. The highest BCUT2D eigenvalue weighted by Crippen LogP contribution is 2.29. The first-order valence-corrected chi connectivity index (χ1v) is 10.2. The maximum Gasteiger partial charge on any atom is 0.371 e. The summed E-state index contributed by atoms with van der Waals surface area (Å²) in [7, 11) is -3.57. The number of carbonyl (C=O) groups excluding carboxylic acids is 1. The van der Waals surface area contributed by atoms with Crippen molar-refractivity contribution < 1.29 is 27.5 Å². The van der Waals surface area contributed by atoms with E-state index < -0.39 is 32.2 Å². The summed E-state index contributed by atoms with van der Waals surface area (Å²) >= 11 is 0. The summed E-state index contributed by atoms with van der Waals surface area (Å²) in [4.78, 5) is 23.3. The second-order valence-electron chi connectivity index (χ2n) is 6.80. The van der Waals surface area contributed by atoms with Crippen LogP contribution < -0.4 is 5.32 Å². The van der Waals surface area contributed by atoms with Gasteiger partial charge in [0.05, 0.1) is 11.8 Å². The number of amides is 1. The van der Waals surface area contributed by atoms with Gasteiger partial charge in [-0.2, -0.15) is 0 Å². The number of hydrogen-bond acceptors (Lipinski definition) is 5. The zero-order valence-electron chi connectivity index (χ0n) is 14.5. The molecule has 7 nitrogen and oxygen atoms in total. The van der Waals surface area contributed by atoms with E-state index >= 15 is 0 Å². The fourth-order valence-electron chi connectivity index (χ4n) is 3.29. The minimum absolute atomic E-state index is 0.0461. The Morgan fingerprint density at radius 3 is 2.40 bits per heavy atom. The first kappa shape index (κ1) is 19.5. The van der Waals surface area contributed by atoms with Gasteiger partial charge in [0.15, 0.2) is 9.84 Å². The van der Waals surface area contributed by atoms with Crippen LogP contribution in [0.3, 0.4) is 0 Å². The van der Waals surface area contributed by atoms with E-state index in [1.54, 1.807) is 13.8 Å². The van der Waals surface area contributed by atoms with E-state index in [9.17, 15) is 18.0 Å². The van der Waals surface area contributed by atoms with Crippen molar-refractivity contribution in [3.63, 3.8) is 0 Å². The van der Waals surface area contributed by atoms with Gasteiger partial charge in [0.1, 0.15) is 11.0 Å². The lowest BCUT2D eigenvalue weighted by Crippen LogP contribution is -2.47. The highest BCUT2D eigenvalue weighted by molar-refractivity contribution is 7.93. The molecule has 0 spiro atoms. The molecule has 1 aromatic heterocycles. The molecule has 1 heterocycles. The highest BCUT2D eigenvalue weighted by atomic mass is 32.2. The molecular weight excluding hydrogens is 346 g/mol. The van der Waals surface area contributed by atoms with E-state index in [-0.39, 0.29) is 24.0 Å². The van der Waals surface area contributed by atoms with Crippen molar-refractivity contribution in [2.75, 3.05) is 0 Å². The van der Waals surface area contributed by atoms with Gasteiger partial charge >= 0.3 is 5.97 Å². The van der Waals surface area contributed by atoms with Gasteiger partial charge < -0.3 is 14.8 Å². The van der Waals surface area contributed by atoms with Crippen molar-refractivity contribution in [3.05, 3.63) is 23.7 Å². The molecule has 0 saturated heterocycles.